The van der Waals surface area contributed by atoms with Gasteiger partial charge in [-0.15, -0.1) is 0 Å². The minimum atomic E-state index is -0.403. The van der Waals surface area contributed by atoms with E-state index in [0.717, 1.165) is 42.4 Å². The summed E-state index contributed by atoms with van der Waals surface area (Å²) in [6.45, 7) is 4.48. The van der Waals surface area contributed by atoms with Gasteiger partial charge in [0.15, 0.2) is 5.58 Å². The van der Waals surface area contributed by atoms with Gasteiger partial charge in [-0.3, -0.25) is 0 Å². The summed E-state index contributed by atoms with van der Waals surface area (Å²) < 4.78 is 21.5. The highest BCUT2D eigenvalue weighted by Crippen LogP contribution is 2.25. The molecule has 0 saturated carbocycles. The Hall–Kier alpha value is -3.61. The summed E-state index contributed by atoms with van der Waals surface area (Å²) in [6, 6.07) is 10.9. The van der Waals surface area contributed by atoms with Crippen LogP contribution in [0.1, 0.15) is 64.2 Å². The average molecular weight is 508 g/mol. The Labute approximate surface area is 218 Å². The molecule has 3 aromatic rings. The molecule has 7 heteroatoms. The molecule has 3 rings (SSSR count). The molecule has 0 radical (unpaired) electrons. The third kappa shape index (κ3) is 9.41. The molecule has 0 unspecified atom stereocenters. The smallest absolute Gasteiger partial charge is 0.344 e. The summed E-state index contributed by atoms with van der Waals surface area (Å²) >= 11 is 0. The molecule has 7 nitrogen and oxygen atoms in total. The van der Waals surface area contributed by atoms with E-state index < -0.39 is 5.63 Å². The molecule has 0 N–H and O–H groups in total. The highest BCUT2D eigenvalue weighted by atomic mass is 16.5. The molecule has 0 amide bonds. The SMILES string of the molecule is C=CC(=O)OCCCCCCCCCCCCOc1cc2cc(-c3ccc(OC)cc3)c(=O)oc2cn1. The monoisotopic (exact) mass is 507 g/mol. The van der Waals surface area contributed by atoms with Crippen LogP contribution < -0.4 is 15.1 Å². The number of rotatable bonds is 17. The van der Waals surface area contributed by atoms with E-state index >= 15 is 0 Å². The van der Waals surface area contributed by atoms with E-state index in [4.69, 9.17) is 18.6 Å². The molecule has 2 heterocycles. The topological polar surface area (TPSA) is 87.9 Å². The first-order chi connectivity index (χ1) is 18.1. The Morgan fingerprint density at radius 2 is 1.54 bits per heavy atom. The van der Waals surface area contributed by atoms with Crippen LogP contribution in [-0.2, 0) is 9.53 Å². The van der Waals surface area contributed by atoms with Crippen LogP contribution in [0.2, 0.25) is 0 Å². The summed E-state index contributed by atoms with van der Waals surface area (Å²) in [6.07, 6.45) is 14.2. The molecule has 37 heavy (non-hydrogen) atoms. The molecule has 198 valence electrons. The van der Waals surface area contributed by atoms with Gasteiger partial charge in [0.25, 0.3) is 0 Å². The summed E-state index contributed by atoms with van der Waals surface area (Å²) in [5.74, 6) is 0.917. The first-order valence-electron chi connectivity index (χ1n) is 13.1. The van der Waals surface area contributed by atoms with Gasteiger partial charge in [0.1, 0.15) is 5.75 Å². The van der Waals surface area contributed by atoms with E-state index in [2.05, 4.69) is 11.6 Å². The molecular weight excluding hydrogens is 470 g/mol. The third-order valence-electron chi connectivity index (χ3n) is 6.20. The number of carbonyl (C=O) groups excluding carboxylic acids is 1. The number of pyridine rings is 1. The lowest BCUT2D eigenvalue weighted by atomic mass is 10.1. The quantitative estimate of drug-likeness (QED) is 0.112. The molecule has 0 fully saturated rings. The van der Waals surface area contributed by atoms with Crippen molar-refractivity contribution in [3.63, 3.8) is 0 Å². The van der Waals surface area contributed by atoms with Gasteiger partial charge >= 0.3 is 11.6 Å². The van der Waals surface area contributed by atoms with Crippen molar-refractivity contribution in [2.45, 2.75) is 64.2 Å². The van der Waals surface area contributed by atoms with E-state index in [1.807, 2.05) is 36.4 Å². The molecule has 0 aliphatic carbocycles. The van der Waals surface area contributed by atoms with Crippen molar-refractivity contribution in [1.29, 1.82) is 0 Å². The van der Waals surface area contributed by atoms with Crippen LogP contribution in [0.5, 0.6) is 11.6 Å². The highest BCUT2D eigenvalue weighted by molar-refractivity contribution is 5.82. The van der Waals surface area contributed by atoms with Gasteiger partial charge < -0.3 is 18.6 Å². The number of hydrogen-bond donors (Lipinski definition) is 0. The molecule has 0 aliphatic rings. The van der Waals surface area contributed by atoms with Gasteiger partial charge in [-0.2, -0.15) is 0 Å². The fraction of sp³-hybridized carbons (Fsp3) is 0.433. The second-order valence-corrected chi connectivity index (χ2v) is 8.99. The lowest BCUT2D eigenvalue weighted by Gasteiger charge is -2.07. The number of aromatic nitrogens is 1. The molecule has 1 aromatic carbocycles. The number of fused-ring (bicyclic) bond motifs is 1. The molecule has 2 aromatic heterocycles. The second-order valence-electron chi connectivity index (χ2n) is 8.99. The third-order valence-corrected chi connectivity index (χ3v) is 6.20. The normalized spacial score (nSPS) is 10.8. The van der Waals surface area contributed by atoms with Gasteiger partial charge in [-0.1, -0.05) is 70.1 Å². The first kappa shape index (κ1) is 28.0. The van der Waals surface area contributed by atoms with Gasteiger partial charge in [-0.05, 0) is 36.6 Å². The maximum Gasteiger partial charge on any atom is 0.344 e. The van der Waals surface area contributed by atoms with E-state index in [1.54, 1.807) is 7.11 Å². The highest BCUT2D eigenvalue weighted by Gasteiger charge is 2.10. The predicted octanol–water partition coefficient (Wildman–Crippen LogP) is 6.87. The Kier molecular flexibility index (Phi) is 11.7. The number of methoxy groups -OCH3 is 1. The van der Waals surface area contributed by atoms with Crippen molar-refractivity contribution < 1.29 is 23.4 Å². The van der Waals surface area contributed by atoms with Crippen LogP contribution >= 0.6 is 0 Å². The number of hydrogen-bond acceptors (Lipinski definition) is 7. The fourth-order valence-electron chi connectivity index (χ4n) is 4.08. The Morgan fingerprint density at radius 1 is 0.919 bits per heavy atom. The zero-order valence-corrected chi connectivity index (χ0v) is 21.7. The minimum absolute atomic E-state index is 0.340. The van der Waals surface area contributed by atoms with Crippen molar-refractivity contribution >= 4 is 16.9 Å². The lowest BCUT2D eigenvalue weighted by molar-refractivity contribution is -0.137. The van der Waals surface area contributed by atoms with Gasteiger partial charge in [0.2, 0.25) is 5.88 Å². The van der Waals surface area contributed by atoms with E-state index in [-0.39, 0.29) is 5.97 Å². The zero-order valence-electron chi connectivity index (χ0n) is 21.7. The largest absolute Gasteiger partial charge is 0.497 e. The predicted molar refractivity (Wildman–Crippen MR) is 145 cm³/mol. The summed E-state index contributed by atoms with van der Waals surface area (Å²) in [7, 11) is 1.61. The van der Waals surface area contributed by atoms with Crippen molar-refractivity contribution in [2.75, 3.05) is 20.3 Å². The van der Waals surface area contributed by atoms with Crippen LogP contribution in [0.15, 0.2) is 64.5 Å². The van der Waals surface area contributed by atoms with Gasteiger partial charge in [0, 0.05) is 17.5 Å². The molecule has 0 saturated heterocycles. The molecule has 0 atom stereocenters. The molecule has 0 aliphatic heterocycles. The summed E-state index contributed by atoms with van der Waals surface area (Å²) in [4.78, 5) is 27.7. The van der Waals surface area contributed by atoms with Crippen LogP contribution in [0.3, 0.4) is 0 Å². The van der Waals surface area contributed by atoms with Crippen LogP contribution in [0.4, 0.5) is 0 Å². The number of benzene rings is 1. The first-order valence-corrected chi connectivity index (χ1v) is 13.1. The lowest BCUT2D eigenvalue weighted by Crippen LogP contribution is -2.04. The van der Waals surface area contributed by atoms with E-state index in [0.29, 0.717) is 30.2 Å². The van der Waals surface area contributed by atoms with Crippen molar-refractivity contribution in [1.82, 2.24) is 4.98 Å². The van der Waals surface area contributed by atoms with Gasteiger partial charge in [0.05, 0.1) is 32.1 Å². The van der Waals surface area contributed by atoms with Crippen LogP contribution in [-0.4, -0.2) is 31.3 Å². The molecule has 0 bridgehead atoms. The maximum absolute atomic E-state index is 12.4. The molecular formula is C30H37NO6. The number of unbranched alkanes of at least 4 members (excludes halogenated alkanes) is 9. The Balaban J connectivity index is 1.31. The zero-order chi connectivity index (χ0) is 26.3. The minimum Gasteiger partial charge on any atom is -0.497 e. The van der Waals surface area contributed by atoms with E-state index in [1.165, 1.54) is 50.8 Å². The van der Waals surface area contributed by atoms with Crippen LogP contribution in [0.25, 0.3) is 22.1 Å². The number of esters is 1. The number of ether oxygens (including phenoxy) is 3. The Morgan fingerprint density at radius 3 is 2.16 bits per heavy atom. The summed E-state index contributed by atoms with van der Waals surface area (Å²) in [5.41, 5.74) is 1.29. The fourth-order valence-corrected chi connectivity index (χ4v) is 4.08. The van der Waals surface area contributed by atoms with Crippen molar-refractivity contribution in [2.24, 2.45) is 0 Å². The second kappa shape index (κ2) is 15.5. The number of carbonyl (C=O) groups is 1. The standard InChI is InChI=1S/C30H37NO6/c1-3-29(32)36-19-13-11-9-7-5-4-6-8-10-12-18-35-28-21-24-20-26(30(33)37-27(24)22-31-28)23-14-16-25(34-2)17-15-23/h3,14-17,20-22H,1,4-13,18-19H2,2H3. The van der Waals surface area contributed by atoms with Crippen LogP contribution in [0, 0.1) is 0 Å². The van der Waals surface area contributed by atoms with Crippen molar-refractivity contribution in [3.8, 4) is 22.8 Å². The average Bonchev–Trinajstić information content (AvgIpc) is 2.92. The van der Waals surface area contributed by atoms with Gasteiger partial charge in [-0.25, -0.2) is 14.6 Å². The molecule has 0 spiro atoms. The van der Waals surface area contributed by atoms with Crippen molar-refractivity contribution in [3.05, 3.63) is 65.7 Å². The summed E-state index contributed by atoms with van der Waals surface area (Å²) in [5, 5.41) is 0.771. The Bertz CT molecular complexity index is 1180. The maximum atomic E-state index is 12.4. The van der Waals surface area contributed by atoms with E-state index in [9.17, 15) is 9.59 Å². The number of nitrogens with zero attached hydrogens (tertiary/aromatic N) is 1.